The Balaban J connectivity index is 2.72. The van der Waals surface area contributed by atoms with Crippen LogP contribution in [0.15, 0.2) is 18.5 Å². The van der Waals surface area contributed by atoms with Crippen molar-refractivity contribution in [2.45, 2.75) is 53.6 Å². The maximum Gasteiger partial charge on any atom is 0.0735 e. The summed E-state index contributed by atoms with van der Waals surface area (Å²) in [7, 11) is 0. The summed E-state index contributed by atoms with van der Waals surface area (Å²) in [5, 5.41) is 0. The molecular formula is C15H25NO. The molecule has 1 rings (SSSR count). The molecule has 2 nitrogen and oxygen atoms in total. The Kier molecular flexibility index (Phi) is 4.31. The van der Waals surface area contributed by atoms with E-state index in [1.54, 1.807) is 0 Å². The second-order valence-electron chi connectivity index (χ2n) is 6.84. The van der Waals surface area contributed by atoms with Crippen molar-refractivity contribution in [3.8, 4) is 0 Å². The standard InChI is InChI=1S/C15H25NO/c1-14(2,3)11-17-10-12-9-16-8-7-13(12)15(4,5)6/h7-9H,10-11H2,1-6H3. The van der Waals surface area contributed by atoms with E-state index in [1.165, 1.54) is 11.1 Å². The minimum absolute atomic E-state index is 0.142. The Labute approximate surface area is 105 Å². The van der Waals surface area contributed by atoms with Crippen molar-refractivity contribution < 1.29 is 4.74 Å². The van der Waals surface area contributed by atoms with Crippen molar-refractivity contribution in [1.29, 1.82) is 0 Å². The molecule has 17 heavy (non-hydrogen) atoms. The molecule has 0 saturated heterocycles. The fourth-order valence-corrected chi connectivity index (χ4v) is 1.74. The smallest absolute Gasteiger partial charge is 0.0735 e. The zero-order valence-electron chi connectivity index (χ0n) is 12.0. The molecule has 0 atom stereocenters. The lowest BCUT2D eigenvalue weighted by atomic mass is 9.85. The van der Waals surface area contributed by atoms with E-state index < -0.39 is 0 Å². The molecule has 1 heterocycles. The molecule has 0 spiro atoms. The van der Waals surface area contributed by atoms with Gasteiger partial charge >= 0.3 is 0 Å². The molecular weight excluding hydrogens is 210 g/mol. The third kappa shape index (κ3) is 4.86. The molecule has 0 saturated carbocycles. The largest absolute Gasteiger partial charge is 0.376 e. The van der Waals surface area contributed by atoms with Crippen molar-refractivity contribution in [2.75, 3.05) is 6.61 Å². The molecule has 2 heteroatoms. The zero-order valence-corrected chi connectivity index (χ0v) is 12.0. The van der Waals surface area contributed by atoms with E-state index in [1.807, 2.05) is 12.4 Å². The first-order valence-electron chi connectivity index (χ1n) is 6.21. The lowest BCUT2D eigenvalue weighted by molar-refractivity contribution is 0.0590. The van der Waals surface area contributed by atoms with Crippen LogP contribution in [0.1, 0.15) is 52.7 Å². The van der Waals surface area contributed by atoms with Crippen LogP contribution in [0.25, 0.3) is 0 Å². The van der Waals surface area contributed by atoms with E-state index in [0.717, 1.165) is 6.61 Å². The van der Waals surface area contributed by atoms with Gasteiger partial charge in [0, 0.05) is 12.4 Å². The van der Waals surface area contributed by atoms with Crippen molar-refractivity contribution >= 4 is 0 Å². The number of hydrogen-bond donors (Lipinski definition) is 0. The summed E-state index contributed by atoms with van der Waals surface area (Å²) in [5.41, 5.74) is 2.87. The summed E-state index contributed by atoms with van der Waals surface area (Å²) in [6.45, 7) is 14.6. The van der Waals surface area contributed by atoms with Gasteiger partial charge in [-0.2, -0.15) is 0 Å². The van der Waals surface area contributed by atoms with Crippen molar-refractivity contribution in [3.63, 3.8) is 0 Å². The molecule has 0 fully saturated rings. The van der Waals surface area contributed by atoms with Gasteiger partial charge in [0.2, 0.25) is 0 Å². The van der Waals surface area contributed by atoms with E-state index in [-0.39, 0.29) is 10.8 Å². The van der Waals surface area contributed by atoms with E-state index >= 15 is 0 Å². The van der Waals surface area contributed by atoms with E-state index in [0.29, 0.717) is 6.61 Å². The second-order valence-corrected chi connectivity index (χ2v) is 6.84. The van der Waals surface area contributed by atoms with Gasteiger partial charge in [-0.05, 0) is 28.0 Å². The Bertz CT molecular complexity index is 358. The predicted molar refractivity (Wildman–Crippen MR) is 72.0 cm³/mol. The first-order chi connectivity index (χ1) is 7.70. The first kappa shape index (κ1) is 14.2. The third-order valence-electron chi connectivity index (χ3n) is 2.50. The fraction of sp³-hybridized carbons (Fsp3) is 0.667. The lowest BCUT2D eigenvalue weighted by Crippen LogP contribution is -2.18. The summed E-state index contributed by atoms with van der Waals surface area (Å²) >= 11 is 0. The molecule has 0 aliphatic rings. The van der Waals surface area contributed by atoms with Gasteiger partial charge in [-0.25, -0.2) is 0 Å². The van der Waals surface area contributed by atoms with E-state index in [2.05, 4.69) is 52.6 Å². The third-order valence-corrected chi connectivity index (χ3v) is 2.50. The van der Waals surface area contributed by atoms with Crippen LogP contribution in [0.2, 0.25) is 0 Å². The van der Waals surface area contributed by atoms with Gasteiger partial charge < -0.3 is 4.74 Å². The van der Waals surface area contributed by atoms with Crippen LogP contribution < -0.4 is 0 Å². The summed E-state index contributed by atoms with van der Waals surface area (Å²) in [6, 6.07) is 2.09. The van der Waals surface area contributed by atoms with Crippen LogP contribution in [0, 0.1) is 5.41 Å². The van der Waals surface area contributed by atoms with Gasteiger partial charge in [0.05, 0.1) is 13.2 Å². The van der Waals surface area contributed by atoms with Crippen LogP contribution in [0.3, 0.4) is 0 Å². The Morgan fingerprint density at radius 2 is 1.76 bits per heavy atom. The number of aromatic nitrogens is 1. The summed E-state index contributed by atoms with van der Waals surface area (Å²) in [6.07, 6.45) is 3.77. The van der Waals surface area contributed by atoms with Gasteiger partial charge in [-0.15, -0.1) is 0 Å². The molecule has 0 radical (unpaired) electrons. The van der Waals surface area contributed by atoms with Gasteiger partial charge in [0.15, 0.2) is 0 Å². The summed E-state index contributed by atoms with van der Waals surface area (Å²) in [5.74, 6) is 0. The molecule has 0 N–H and O–H groups in total. The van der Waals surface area contributed by atoms with Gasteiger partial charge in [-0.1, -0.05) is 41.5 Å². The number of ether oxygens (including phenoxy) is 1. The Morgan fingerprint density at radius 3 is 2.29 bits per heavy atom. The number of rotatable bonds is 3. The second kappa shape index (κ2) is 5.18. The monoisotopic (exact) mass is 235 g/mol. The topological polar surface area (TPSA) is 22.1 Å². The minimum atomic E-state index is 0.142. The number of hydrogen-bond acceptors (Lipinski definition) is 2. The van der Waals surface area contributed by atoms with Crippen molar-refractivity contribution in [2.24, 2.45) is 5.41 Å². The first-order valence-corrected chi connectivity index (χ1v) is 6.21. The number of pyridine rings is 1. The van der Waals surface area contributed by atoms with Crippen LogP contribution in [-0.2, 0) is 16.8 Å². The number of nitrogens with zero attached hydrogens (tertiary/aromatic N) is 1. The summed E-state index contributed by atoms with van der Waals surface area (Å²) in [4.78, 5) is 4.19. The lowest BCUT2D eigenvalue weighted by Gasteiger charge is -2.23. The fourth-order valence-electron chi connectivity index (χ4n) is 1.74. The average Bonchev–Trinajstić information content (AvgIpc) is 2.15. The normalized spacial score (nSPS) is 12.8. The highest BCUT2D eigenvalue weighted by molar-refractivity contribution is 5.29. The van der Waals surface area contributed by atoms with Crippen LogP contribution in [0.4, 0.5) is 0 Å². The molecule has 0 aromatic carbocycles. The van der Waals surface area contributed by atoms with Crippen LogP contribution in [0.5, 0.6) is 0 Å². The predicted octanol–water partition coefficient (Wildman–Crippen LogP) is 3.94. The molecule has 0 aliphatic heterocycles. The van der Waals surface area contributed by atoms with Crippen molar-refractivity contribution in [1.82, 2.24) is 4.98 Å². The Morgan fingerprint density at radius 1 is 1.12 bits per heavy atom. The minimum Gasteiger partial charge on any atom is -0.376 e. The maximum absolute atomic E-state index is 5.78. The van der Waals surface area contributed by atoms with Crippen LogP contribution >= 0.6 is 0 Å². The van der Waals surface area contributed by atoms with E-state index in [4.69, 9.17) is 4.74 Å². The van der Waals surface area contributed by atoms with Crippen molar-refractivity contribution in [3.05, 3.63) is 29.6 Å². The van der Waals surface area contributed by atoms with Gasteiger partial charge in [0.1, 0.15) is 0 Å². The quantitative estimate of drug-likeness (QED) is 0.791. The molecule has 1 aromatic heterocycles. The zero-order chi connectivity index (χ0) is 13.1. The molecule has 0 aliphatic carbocycles. The van der Waals surface area contributed by atoms with Gasteiger partial charge in [0.25, 0.3) is 0 Å². The van der Waals surface area contributed by atoms with Gasteiger partial charge in [-0.3, -0.25) is 4.98 Å². The molecule has 0 unspecified atom stereocenters. The highest BCUT2D eigenvalue weighted by atomic mass is 16.5. The van der Waals surface area contributed by atoms with Crippen LogP contribution in [-0.4, -0.2) is 11.6 Å². The molecule has 1 aromatic rings. The average molecular weight is 235 g/mol. The maximum atomic E-state index is 5.78. The van der Waals surface area contributed by atoms with E-state index in [9.17, 15) is 0 Å². The molecule has 0 bridgehead atoms. The molecule has 0 amide bonds. The Hall–Kier alpha value is -0.890. The highest BCUT2D eigenvalue weighted by Crippen LogP contribution is 2.26. The SMILES string of the molecule is CC(C)(C)COCc1cnccc1C(C)(C)C. The highest BCUT2D eigenvalue weighted by Gasteiger charge is 2.18. The molecule has 96 valence electrons. The summed E-state index contributed by atoms with van der Waals surface area (Å²) < 4.78 is 5.78.